The van der Waals surface area contributed by atoms with E-state index in [1.807, 2.05) is 18.2 Å². The first kappa shape index (κ1) is 13.5. The van der Waals surface area contributed by atoms with E-state index in [0.29, 0.717) is 19.0 Å². The number of hydrogen-bond acceptors (Lipinski definition) is 4. The van der Waals surface area contributed by atoms with Gasteiger partial charge >= 0.3 is 5.97 Å². The lowest BCUT2D eigenvalue weighted by Gasteiger charge is -2.13. The lowest BCUT2D eigenvalue weighted by molar-refractivity contribution is -0.150. The largest absolute Gasteiger partial charge is 0.479 e. The average Bonchev–Trinajstić information content (AvgIpc) is 2.30. The molecule has 17 heavy (non-hydrogen) atoms. The maximum atomic E-state index is 11.4. The molecule has 0 radical (unpaired) electrons. The molecule has 1 unspecified atom stereocenters. The van der Waals surface area contributed by atoms with Gasteiger partial charge in [0, 0.05) is 7.11 Å². The predicted octanol–water partition coefficient (Wildman–Crippen LogP) is 2.16. The Balaban J connectivity index is 2.61. The van der Waals surface area contributed by atoms with Crippen molar-refractivity contribution in [2.24, 2.45) is 0 Å². The molecule has 4 heteroatoms. The van der Waals surface area contributed by atoms with Gasteiger partial charge in [0.25, 0.3) is 0 Å². The van der Waals surface area contributed by atoms with Crippen LogP contribution in [0.25, 0.3) is 0 Å². The van der Waals surface area contributed by atoms with Gasteiger partial charge in [-0.2, -0.15) is 0 Å². The Labute approximate surface area is 101 Å². The fourth-order valence-electron chi connectivity index (χ4n) is 1.39. The molecule has 0 aliphatic heterocycles. The van der Waals surface area contributed by atoms with Crippen LogP contribution in [0.3, 0.4) is 0 Å². The molecule has 0 N–H and O–H groups in total. The van der Waals surface area contributed by atoms with Crippen LogP contribution in [0.2, 0.25) is 0 Å². The minimum atomic E-state index is -0.604. The van der Waals surface area contributed by atoms with Gasteiger partial charge in [-0.05, 0) is 31.5 Å². The molecule has 0 aliphatic rings. The monoisotopic (exact) mass is 238 g/mol. The Bertz CT molecular complexity index is 362. The number of rotatable bonds is 6. The van der Waals surface area contributed by atoms with E-state index in [-0.39, 0.29) is 5.97 Å². The second-order valence-corrected chi connectivity index (χ2v) is 3.59. The van der Waals surface area contributed by atoms with Crippen LogP contribution in [0.1, 0.15) is 19.4 Å². The average molecular weight is 238 g/mol. The molecule has 0 fully saturated rings. The fraction of sp³-hybridized carbons (Fsp3) is 0.462. The van der Waals surface area contributed by atoms with E-state index in [1.165, 1.54) is 0 Å². The molecule has 0 amide bonds. The molecule has 4 nitrogen and oxygen atoms in total. The topological polar surface area (TPSA) is 44.8 Å². The summed E-state index contributed by atoms with van der Waals surface area (Å²) in [5.41, 5.74) is 1.00. The molecule has 1 rings (SSSR count). The minimum Gasteiger partial charge on any atom is -0.479 e. The summed E-state index contributed by atoms with van der Waals surface area (Å²) in [5.74, 6) is 0.282. The van der Waals surface area contributed by atoms with Gasteiger partial charge in [-0.25, -0.2) is 4.79 Å². The number of carbonyl (C=O) groups is 1. The van der Waals surface area contributed by atoms with Crippen molar-refractivity contribution in [3.05, 3.63) is 29.8 Å². The summed E-state index contributed by atoms with van der Waals surface area (Å²) < 4.78 is 15.4. The quantitative estimate of drug-likeness (QED) is 0.712. The molecular formula is C13H18O4. The van der Waals surface area contributed by atoms with Gasteiger partial charge in [0.1, 0.15) is 5.75 Å². The predicted molar refractivity (Wildman–Crippen MR) is 63.9 cm³/mol. The van der Waals surface area contributed by atoms with Crippen molar-refractivity contribution in [2.45, 2.75) is 26.6 Å². The third-order valence-electron chi connectivity index (χ3n) is 2.14. The first-order chi connectivity index (χ1) is 8.17. The molecule has 94 valence electrons. The maximum absolute atomic E-state index is 11.4. The van der Waals surface area contributed by atoms with Crippen LogP contribution in [0, 0.1) is 0 Å². The van der Waals surface area contributed by atoms with Crippen molar-refractivity contribution in [3.63, 3.8) is 0 Å². The van der Waals surface area contributed by atoms with Crippen LogP contribution < -0.4 is 4.74 Å². The standard InChI is InChI=1S/C13H18O4/c1-4-16-13(14)10(2)17-12-7-5-6-11(8-12)9-15-3/h5-8,10H,4,9H2,1-3H3. The zero-order valence-corrected chi connectivity index (χ0v) is 10.4. The lowest BCUT2D eigenvalue weighted by Crippen LogP contribution is -2.26. The molecule has 0 heterocycles. The molecule has 0 aromatic heterocycles. The molecule has 1 aromatic carbocycles. The summed E-state index contributed by atoms with van der Waals surface area (Å²) in [4.78, 5) is 11.4. The van der Waals surface area contributed by atoms with E-state index in [9.17, 15) is 4.79 Å². The summed E-state index contributed by atoms with van der Waals surface area (Å²) in [6.45, 7) is 4.31. The summed E-state index contributed by atoms with van der Waals surface area (Å²) in [6, 6.07) is 7.45. The van der Waals surface area contributed by atoms with Gasteiger partial charge in [0.15, 0.2) is 6.10 Å². The smallest absolute Gasteiger partial charge is 0.347 e. The van der Waals surface area contributed by atoms with Crippen molar-refractivity contribution >= 4 is 5.97 Å². The Morgan fingerprint density at radius 3 is 2.82 bits per heavy atom. The van der Waals surface area contributed by atoms with E-state index in [2.05, 4.69) is 0 Å². The van der Waals surface area contributed by atoms with Gasteiger partial charge in [0.05, 0.1) is 13.2 Å². The van der Waals surface area contributed by atoms with Crippen LogP contribution in [0.15, 0.2) is 24.3 Å². The Hall–Kier alpha value is -1.55. The van der Waals surface area contributed by atoms with Crippen molar-refractivity contribution in [2.75, 3.05) is 13.7 Å². The van der Waals surface area contributed by atoms with Gasteiger partial charge in [-0.1, -0.05) is 12.1 Å². The Morgan fingerprint density at radius 1 is 1.41 bits per heavy atom. The van der Waals surface area contributed by atoms with Gasteiger partial charge < -0.3 is 14.2 Å². The third-order valence-corrected chi connectivity index (χ3v) is 2.14. The number of hydrogen-bond donors (Lipinski definition) is 0. The van der Waals surface area contributed by atoms with Crippen molar-refractivity contribution < 1.29 is 19.0 Å². The summed E-state index contributed by atoms with van der Waals surface area (Å²) in [7, 11) is 1.63. The number of methoxy groups -OCH3 is 1. The van der Waals surface area contributed by atoms with Crippen LogP contribution >= 0.6 is 0 Å². The van der Waals surface area contributed by atoms with E-state index < -0.39 is 6.10 Å². The van der Waals surface area contributed by atoms with E-state index in [0.717, 1.165) is 5.56 Å². The molecule has 0 bridgehead atoms. The number of esters is 1. The summed E-state index contributed by atoms with van der Waals surface area (Å²) in [5, 5.41) is 0. The van der Waals surface area contributed by atoms with E-state index in [1.54, 1.807) is 27.0 Å². The van der Waals surface area contributed by atoms with Crippen LogP contribution in [-0.4, -0.2) is 25.8 Å². The van der Waals surface area contributed by atoms with Crippen LogP contribution in [0.5, 0.6) is 5.75 Å². The molecule has 0 saturated carbocycles. The minimum absolute atomic E-state index is 0.357. The van der Waals surface area contributed by atoms with Crippen molar-refractivity contribution in [1.29, 1.82) is 0 Å². The maximum Gasteiger partial charge on any atom is 0.347 e. The van der Waals surface area contributed by atoms with E-state index in [4.69, 9.17) is 14.2 Å². The molecular weight excluding hydrogens is 220 g/mol. The van der Waals surface area contributed by atoms with Crippen molar-refractivity contribution in [3.8, 4) is 5.75 Å². The van der Waals surface area contributed by atoms with Crippen LogP contribution in [0.4, 0.5) is 0 Å². The normalized spacial score (nSPS) is 11.9. The highest BCUT2D eigenvalue weighted by Crippen LogP contribution is 2.15. The first-order valence-corrected chi connectivity index (χ1v) is 5.58. The van der Waals surface area contributed by atoms with Gasteiger partial charge in [0.2, 0.25) is 0 Å². The summed E-state index contributed by atoms with van der Waals surface area (Å²) in [6.07, 6.45) is -0.604. The zero-order chi connectivity index (χ0) is 12.7. The Kier molecular flexibility index (Phi) is 5.49. The number of carbonyl (C=O) groups excluding carboxylic acids is 1. The third kappa shape index (κ3) is 4.44. The second-order valence-electron chi connectivity index (χ2n) is 3.59. The number of benzene rings is 1. The van der Waals surface area contributed by atoms with E-state index >= 15 is 0 Å². The highest BCUT2D eigenvalue weighted by Gasteiger charge is 2.15. The van der Waals surface area contributed by atoms with Crippen molar-refractivity contribution in [1.82, 2.24) is 0 Å². The molecule has 1 aromatic rings. The van der Waals surface area contributed by atoms with Gasteiger partial charge in [-0.15, -0.1) is 0 Å². The highest BCUT2D eigenvalue weighted by atomic mass is 16.6. The number of ether oxygens (including phenoxy) is 3. The molecule has 0 spiro atoms. The molecule has 0 aliphatic carbocycles. The first-order valence-electron chi connectivity index (χ1n) is 5.58. The fourth-order valence-corrected chi connectivity index (χ4v) is 1.39. The summed E-state index contributed by atoms with van der Waals surface area (Å²) >= 11 is 0. The van der Waals surface area contributed by atoms with Crippen LogP contribution in [-0.2, 0) is 20.9 Å². The SMILES string of the molecule is CCOC(=O)C(C)Oc1cccc(COC)c1. The second kappa shape index (κ2) is 6.91. The lowest BCUT2D eigenvalue weighted by atomic mass is 10.2. The highest BCUT2D eigenvalue weighted by molar-refractivity contribution is 5.74. The van der Waals surface area contributed by atoms with Gasteiger partial charge in [-0.3, -0.25) is 0 Å². The Morgan fingerprint density at radius 2 is 2.18 bits per heavy atom. The molecule has 1 atom stereocenters. The zero-order valence-electron chi connectivity index (χ0n) is 10.4. The molecule has 0 saturated heterocycles.